The van der Waals surface area contributed by atoms with Crippen molar-refractivity contribution in [3.63, 3.8) is 0 Å². The van der Waals surface area contributed by atoms with Crippen LogP contribution in [0.4, 0.5) is 45.3 Å². The minimum Gasteiger partial charge on any atom is -0.302 e. The average Bonchev–Trinajstić information content (AvgIpc) is 2.70. The fourth-order valence-electron chi connectivity index (χ4n) is 2.60. The van der Waals surface area contributed by atoms with Crippen LogP contribution in [0.1, 0.15) is 24.5 Å². The average molecular weight is 520 g/mol. The van der Waals surface area contributed by atoms with Gasteiger partial charge in [0.15, 0.2) is 0 Å². The first kappa shape index (κ1) is 27.1. The third-order valence-electron chi connectivity index (χ3n) is 4.06. The summed E-state index contributed by atoms with van der Waals surface area (Å²) in [6.07, 6.45) is -17.3. The summed E-state index contributed by atoms with van der Waals surface area (Å²) in [6, 6.07) is 5.14. The van der Waals surface area contributed by atoms with Crippen LogP contribution in [0.25, 0.3) is 11.3 Å². The lowest BCUT2D eigenvalue weighted by Crippen LogP contribution is -2.32. The van der Waals surface area contributed by atoms with Crippen LogP contribution < -0.4 is 5.32 Å². The van der Waals surface area contributed by atoms with Gasteiger partial charge in [-0.3, -0.25) is 9.59 Å². The second-order valence-corrected chi connectivity index (χ2v) is 6.89. The Morgan fingerprint density at radius 3 is 1.97 bits per heavy atom. The molecule has 0 unspecified atom stereocenters. The number of benzene rings is 1. The number of rotatable bonds is 4. The molecule has 1 aromatic heterocycles. The largest absolute Gasteiger partial charge is 0.473 e. The standard InChI is InChI=1S/C19H11ClF9N3O2/c1-2-11(31-15(33)18(24,25)26)13-10(17(21,22)23)7-12(8-3-5-9(20)6-4-8)30-14(13)32-16(34)19(27,28)29/h3-7H,2H2,1H3,(H,30,32,34). The van der Waals surface area contributed by atoms with E-state index >= 15 is 0 Å². The van der Waals surface area contributed by atoms with E-state index in [1.165, 1.54) is 24.3 Å². The van der Waals surface area contributed by atoms with Gasteiger partial charge in [0.25, 0.3) is 0 Å². The highest BCUT2D eigenvalue weighted by Gasteiger charge is 2.43. The Kier molecular flexibility index (Phi) is 7.65. The summed E-state index contributed by atoms with van der Waals surface area (Å²) in [5.41, 5.74) is -5.06. The summed E-state index contributed by atoms with van der Waals surface area (Å²) in [5.74, 6) is -6.94. The molecular weight excluding hydrogens is 509 g/mol. The highest BCUT2D eigenvalue weighted by molar-refractivity contribution is 6.30. The molecule has 0 aliphatic rings. The zero-order chi connectivity index (χ0) is 26.1. The fraction of sp³-hybridized carbons (Fsp3) is 0.263. The van der Waals surface area contributed by atoms with E-state index in [-0.39, 0.29) is 10.6 Å². The number of hydrogen-bond acceptors (Lipinski definition) is 3. The number of halogens is 10. The first-order valence-electron chi connectivity index (χ1n) is 8.90. The molecule has 0 saturated carbocycles. The number of pyridine rings is 1. The lowest BCUT2D eigenvalue weighted by molar-refractivity contribution is -0.169. The Labute approximate surface area is 189 Å². The molecule has 0 saturated heterocycles. The van der Waals surface area contributed by atoms with Crippen molar-refractivity contribution in [1.82, 2.24) is 4.98 Å². The van der Waals surface area contributed by atoms with E-state index in [1.807, 2.05) is 0 Å². The van der Waals surface area contributed by atoms with Gasteiger partial charge in [0, 0.05) is 10.6 Å². The second-order valence-electron chi connectivity index (χ2n) is 6.45. The van der Waals surface area contributed by atoms with Crippen molar-refractivity contribution >= 4 is 34.9 Å². The normalized spacial score (nSPS) is 13.1. The molecule has 5 nitrogen and oxygen atoms in total. The number of aromatic nitrogens is 1. The maximum Gasteiger partial charge on any atom is 0.473 e. The molecule has 1 aromatic carbocycles. The Hall–Kier alpha value is -3.16. The first-order valence-corrected chi connectivity index (χ1v) is 9.28. The van der Waals surface area contributed by atoms with Gasteiger partial charge >= 0.3 is 30.3 Å². The monoisotopic (exact) mass is 519 g/mol. The summed E-state index contributed by atoms with van der Waals surface area (Å²) in [4.78, 5) is 29.0. The molecule has 0 spiro atoms. The number of aliphatic imine (C=N–C) groups is 1. The van der Waals surface area contributed by atoms with Crippen molar-refractivity contribution < 1.29 is 49.1 Å². The maximum atomic E-state index is 13.9. The van der Waals surface area contributed by atoms with Gasteiger partial charge in [-0.05, 0) is 24.6 Å². The fourth-order valence-corrected chi connectivity index (χ4v) is 2.72. The lowest BCUT2D eigenvalue weighted by Gasteiger charge is -2.20. The minimum absolute atomic E-state index is 0.0784. The number of alkyl halides is 9. The van der Waals surface area contributed by atoms with Gasteiger partial charge in [0.1, 0.15) is 5.82 Å². The predicted octanol–water partition coefficient (Wildman–Crippen LogP) is 6.21. The number of nitrogens with one attached hydrogen (secondary N) is 1. The van der Waals surface area contributed by atoms with Gasteiger partial charge in [0.05, 0.1) is 22.5 Å². The van der Waals surface area contributed by atoms with Crippen LogP contribution >= 0.6 is 11.6 Å². The van der Waals surface area contributed by atoms with Crippen molar-refractivity contribution in [3.05, 3.63) is 46.5 Å². The number of amides is 2. The zero-order valence-corrected chi connectivity index (χ0v) is 17.3. The molecule has 2 aromatic rings. The molecule has 0 atom stereocenters. The molecular formula is C19H11ClF9N3O2. The van der Waals surface area contributed by atoms with Gasteiger partial charge in [-0.15, -0.1) is 0 Å². The SMILES string of the molecule is CCC(=NC(=O)C(F)(F)F)c1c(C(F)(F)F)cc(-c2ccc(Cl)cc2)nc1NC(=O)C(F)(F)F. The summed E-state index contributed by atoms with van der Waals surface area (Å²) in [5, 5.41) is 1.30. The van der Waals surface area contributed by atoms with Crippen LogP contribution in [0, 0.1) is 0 Å². The third kappa shape index (κ3) is 6.46. The smallest absolute Gasteiger partial charge is 0.302 e. The maximum absolute atomic E-state index is 13.9. The second kappa shape index (κ2) is 9.60. The highest BCUT2D eigenvalue weighted by atomic mass is 35.5. The zero-order valence-electron chi connectivity index (χ0n) is 16.6. The van der Waals surface area contributed by atoms with Crippen molar-refractivity contribution in [1.29, 1.82) is 0 Å². The number of anilines is 1. The van der Waals surface area contributed by atoms with Crippen LogP contribution in [-0.4, -0.2) is 34.9 Å². The van der Waals surface area contributed by atoms with Gasteiger partial charge in [-0.1, -0.05) is 30.7 Å². The molecule has 0 aliphatic carbocycles. The molecule has 1 heterocycles. The Morgan fingerprint density at radius 1 is 0.971 bits per heavy atom. The first-order chi connectivity index (χ1) is 15.4. The number of carbonyl (C=O) groups excluding carboxylic acids is 2. The molecule has 0 bridgehead atoms. The summed E-state index contributed by atoms with van der Waals surface area (Å²) in [6.45, 7) is 1.01. The van der Waals surface area contributed by atoms with Gasteiger partial charge < -0.3 is 5.32 Å². The van der Waals surface area contributed by atoms with E-state index in [0.717, 1.165) is 12.2 Å². The summed E-state index contributed by atoms with van der Waals surface area (Å²) in [7, 11) is 0. The summed E-state index contributed by atoms with van der Waals surface area (Å²) >= 11 is 5.70. The third-order valence-corrected chi connectivity index (χ3v) is 4.31. The van der Waals surface area contributed by atoms with Gasteiger partial charge in [-0.25, -0.2) is 9.98 Å². The van der Waals surface area contributed by atoms with E-state index in [2.05, 4.69) is 9.98 Å². The minimum atomic E-state index is -5.58. The van der Waals surface area contributed by atoms with E-state index < -0.39 is 65.1 Å². The quantitative estimate of drug-likeness (QED) is 0.386. The molecule has 0 aliphatic heterocycles. The van der Waals surface area contributed by atoms with E-state index in [4.69, 9.17) is 11.6 Å². The van der Waals surface area contributed by atoms with Crippen LogP contribution in [0.15, 0.2) is 35.3 Å². The predicted molar refractivity (Wildman–Crippen MR) is 102 cm³/mol. The Morgan fingerprint density at radius 2 is 1.53 bits per heavy atom. The van der Waals surface area contributed by atoms with Gasteiger partial charge in [-0.2, -0.15) is 39.5 Å². The summed E-state index contributed by atoms with van der Waals surface area (Å²) < 4.78 is 118. The van der Waals surface area contributed by atoms with E-state index in [9.17, 15) is 49.1 Å². The molecule has 184 valence electrons. The van der Waals surface area contributed by atoms with Crippen LogP contribution in [-0.2, 0) is 15.8 Å². The number of nitrogens with zero attached hydrogens (tertiary/aromatic N) is 2. The van der Waals surface area contributed by atoms with E-state index in [1.54, 1.807) is 0 Å². The molecule has 0 radical (unpaired) electrons. The highest BCUT2D eigenvalue weighted by Crippen LogP contribution is 2.39. The number of hydrogen-bond donors (Lipinski definition) is 1. The number of carbonyl (C=O) groups is 2. The van der Waals surface area contributed by atoms with Crippen molar-refractivity contribution in [2.24, 2.45) is 4.99 Å². The van der Waals surface area contributed by atoms with E-state index in [0.29, 0.717) is 6.07 Å². The topological polar surface area (TPSA) is 71.4 Å². The van der Waals surface area contributed by atoms with Crippen molar-refractivity contribution in [2.75, 3.05) is 5.32 Å². The molecule has 34 heavy (non-hydrogen) atoms. The molecule has 15 heteroatoms. The molecule has 2 amide bonds. The van der Waals surface area contributed by atoms with Crippen molar-refractivity contribution in [3.8, 4) is 11.3 Å². The Bertz CT molecular complexity index is 1120. The van der Waals surface area contributed by atoms with Crippen LogP contribution in [0.2, 0.25) is 5.02 Å². The van der Waals surface area contributed by atoms with Crippen LogP contribution in [0.3, 0.4) is 0 Å². The molecule has 1 N–H and O–H groups in total. The van der Waals surface area contributed by atoms with Crippen LogP contribution in [0.5, 0.6) is 0 Å². The molecule has 2 rings (SSSR count). The lowest BCUT2D eigenvalue weighted by atomic mass is 9.98. The Balaban J connectivity index is 2.91. The van der Waals surface area contributed by atoms with Gasteiger partial charge in [0.2, 0.25) is 0 Å². The van der Waals surface area contributed by atoms with Crippen molar-refractivity contribution in [2.45, 2.75) is 31.9 Å². The molecule has 0 fully saturated rings.